The minimum Gasteiger partial charge on any atom is -0.346 e. The lowest BCUT2D eigenvalue weighted by Gasteiger charge is -2.18. The molecule has 9 nitrogen and oxygen atoms in total. The van der Waals surface area contributed by atoms with Crippen molar-refractivity contribution in [2.24, 2.45) is 13.0 Å². The average Bonchev–Trinajstić information content (AvgIpc) is 3.36. The Bertz CT molecular complexity index is 1290. The second-order valence-electron chi connectivity index (χ2n) is 7.50. The number of amides is 1. The van der Waals surface area contributed by atoms with Crippen LogP contribution in [0.15, 0.2) is 55.0 Å². The number of H-pyrrole nitrogens is 1. The van der Waals surface area contributed by atoms with Crippen molar-refractivity contribution in [1.29, 1.82) is 0 Å². The molecule has 31 heavy (non-hydrogen) atoms. The van der Waals surface area contributed by atoms with Crippen LogP contribution in [-0.4, -0.2) is 34.4 Å². The number of nitrogens with zero attached hydrogens (tertiary/aromatic N) is 4. The summed E-state index contributed by atoms with van der Waals surface area (Å²) >= 11 is -2.25. The molecule has 1 aliphatic rings. The molecule has 1 amide bonds. The quantitative estimate of drug-likeness (QED) is 0.400. The number of aromatic amines is 1. The molecule has 0 bridgehead atoms. The van der Waals surface area contributed by atoms with Gasteiger partial charge in [-0.15, -0.1) is 0 Å². The molecule has 1 fully saturated rings. The molecule has 3 heterocycles. The fraction of sp³-hybridized carbons (Fsp3) is 0.190. The van der Waals surface area contributed by atoms with Gasteiger partial charge in [0.1, 0.15) is 11.5 Å². The van der Waals surface area contributed by atoms with Gasteiger partial charge in [-0.25, -0.2) is 13.5 Å². The first-order chi connectivity index (χ1) is 15.0. The molecule has 1 atom stereocenters. The number of carbonyl (C=O) groups excluding carboxylic acids is 1. The van der Waals surface area contributed by atoms with Gasteiger partial charge in [0, 0.05) is 30.7 Å². The van der Waals surface area contributed by atoms with E-state index in [1.54, 1.807) is 36.3 Å². The summed E-state index contributed by atoms with van der Waals surface area (Å²) in [5, 5.41) is 7.90. The highest BCUT2D eigenvalue weighted by Gasteiger charge is 2.30. The second kappa shape index (κ2) is 7.64. The van der Waals surface area contributed by atoms with Gasteiger partial charge in [0.25, 0.3) is 11.3 Å². The predicted octanol–water partition coefficient (Wildman–Crippen LogP) is 3.59. The Hall–Kier alpha value is -3.50. The fourth-order valence-electron chi connectivity index (χ4n) is 3.53. The highest BCUT2D eigenvalue weighted by Crippen LogP contribution is 2.34. The summed E-state index contributed by atoms with van der Waals surface area (Å²) in [4.78, 5) is 19.8. The predicted molar refractivity (Wildman–Crippen MR) is 119 cm³/mol. The maximum Gasteiger partial charge on any atom is 0.266 e. The van der Waals surface area contributed by atoms with Crippen LogP contribution in [0.2, 0.25) is 0 Å². The minimum absolute atomic E-state index is 0.00255. The van der Waals surface area contributed by atoms with E-state index in [0.29, 0.717) is 22.8 Å². The first-order valence-corrected chi connectivity index (χ1v) is 10.8. The zero-order chi connectivity index (χ0) is 21.5. The van der Waals surface area contributed by atoms with Crippen LogP contribution in [-0.2, 0) is 23.1 Å². The van der Waals surface area contributed by atoms with Crippen LogP contribution in [0.3, 0.4) is 0 Å². The van der Waals surface area contributed by atoms with E-state index in [2.05, 4.69) is 20.4 Å². The van der Waals surface area contributed by atoms with E-state index in [9.17, 15) is 13.6 Å². The van der Waals surface area contributed by atoms with E-state index >= 15 is 0 Å². The molecule has 1 saturated carbocycles. The molecular weight excluding hydrogens is 416 g/mol. The highest BCUT2D eigenvalue weighted by atomic mass is 32.2. The summed E-state index contributed by atoms with van der Waals surface area (Å²) < 4.78 is 24.6. The van der Waals surface area contributed by atoms with Gasteiger partial charge in [0.2, 0.25) is 5.91 Å². The highest BCUT2D eigenvalue weighted by molar-refractivity contribution is 7.81. The molecule has 1 unspecified atom stereocenters. The Morgan fingerprint density at radius 1 is 1.26 bits per heavy atom. The van der Waals surface area contributed by atoms with Gasteiger partial charge in [-0.1, -0.05) is 12.1 Å². The first-order valence-electron chi connectivity index (χ1n) is 9.79. The molecule has 1 aromatic carbocycles. The van der Waals surface area contributed by atoms with Gasteiger partial charge in [-0.3, -0.25) is 14.0 Å². The van der Waals surface area contributed by atoms with Gasteiger partial charge in [-0.2, -0.15) is 5.10 Å². The summed E-state index contributed by atoms with van der Waals surface area (Å²) in [5.74, 6) is 0.582. The molecule has 0 spiro atoms. The van der Waals surface area contributed by atoms with Crippen molar-refractivity contribution < 1.29 is 13.6 Å². The number of nitrogens with one attached hydrogen (secondary N) is 2. The molecule has 0 aliphatic heterocycles. The third-order valence-electron chi connectivity index (χ3n) is 5.22. The number of rotatable bonds is 6. The maximum atomic E-state index is 12.2. The smallest absolute Gasteiger partial charge is 0.266 e. The molecule has 1 aliphatic carbocycles. The number of carbonyl (C=O) groups is 1. The minimum atomic E-state index is -2.25. The molecule has 3 aromatic heterocycles. The number of aryl methyl sites for hydroxylation is 1. The van der Waals surface area contributed by atoms with E-state index < -0.39 is 11.3 Å². The normalized spacial score (nSPS) is 14.5. The second-order valence-corrected chi connectivity index (χ2v) is 8.33. The van der Waals surface area contributed by atoms with Crippen molar-refractivity contribution in [2.75, 3.05) is 9.62 Å². The lowest BCUT2D eigenvalue weighted by molar-refractivity contribution is -0.117. The number of anilines is 3. The molecule has 5 rings (SSSR count). The molecule has 158 valence electrons. The van der Waals surface area contributed by atoms with Crippen LogP contribution in [0, 0.1) is 5.92 Å². The largest absolute Gasteiger partial charge is 0.346 e. The number of hydrogen-bond acceptors (Lipinski definition) is 4. The number of hydrogen-bond donors (Lipinski definition) is 3. The maximum absolute atomic E-state index is 12.2. The van der Waals surface area contributed by atoms with Crippen LogP contribution >= 0.6 is 0 Å². The Kier molecular flexibility index (Phi) is 4.79. The first kappa shape index (κ1) is 19.5. The van der Waals surface area contributed by atoms with Gasteiger partial charge >= 0.3 is 0 Å². The summed E-state index contributed by atoms with van der Waals surface area (Å²) in [6.07, 6.45) is 6.85. The molecule has 4 aromatic rings. The average molecular weight is 436 g/mol. The van der Waals surface area contributed by atoms with Gasteiger partial charge in [-0.05, 0) is 48.2 Å². The van der Waals surface area contributed by atoms with Crippen LogP contribution in [0.25, 0.3) is 22.2 Å². The van der Waals surface area contributed by atoms with Crippen LogP contribution in [0.5, 0.6) is 0 Å². The molecule has 3 N–H and O–H groups in total. The number of fused-ring (bicyclic) bond motifs is 1. The van der Waals surface area contributed by atoms with Gasteiger partial charge < -0.3 is 10.3 Å². The summed E-state index contributed by atoms with van der Waals surface area (Å²) in [5.41, 5.74) is 3.55. The van der Waals surface area contributed by atoms with Crippen molar-refractivity contribution in [3.63, 3.8) is 0 Å². The standard InChI is InChI=1S/C21H20N6O3S/c1-26-12-16(11-23-26)27(31(29)30)15-6-4-13(5-7-15)18-10-19(25-21(28)14-2-3-14)24-20-17(18)8-9-22-20/h4-12,14H,2-3H2,1H3,(H,29,30)(H2,22,24,25,28). The number of benzene rings is 1. The third-order valence-corrected chi connectivity index (χ3v) is 5.96. The summed E-state index contributed by atoms with van der Waals surface area (Å²) in [6.45, 7) is 0. The van der Waals surface area contributed by atoms with Gasteiger partial charge in [0.15, 0.2) is 0 Å². The zero-order valence-electron chi connectivity index (χ0n) is 16.6. The van der Waals surface area contributed by atoms with Crippen molar-refractivity contribution in [3.8, 4) is 11.1 Å². The van der Waals surface area contributed by atoms with E-state index in [4.69, 9.17) is 0 Å². The lowest BCUT2D eigenvalue weighted by Crippen LogP contribution is -2.18. The van der Waals surface area contributed by atoms with Crippen molar-refractivity contribution in [2.45, 2.75) is 12.8 Å². The summed E-state index contributed by atoms with van der Waals surface area (Å²) in [6, 6.07) is 11.1. The topological polar surface area (TPSA) is 116 Å². The Morgan fingerprint density at radius 3 is 2.68 bits per heavy atom. The van der Waals surface area contributed by atoms with Crippen LogP contribution < -0.4 is 9.62 Å². The van der Waals surface area contributed by atoms with E-state index in [0.717, 1.165) is 29.4 Å². The molecular formula is C21H20N6O3S. The van der Waals surface area contributed by atoms with Crippen LogP contribution in [0.4, 0.5) is 17.2 Å². The Morgan fingerprint density at radius 2 is 2.03 bits per heavy atom. The van der Waals surface area contributed by atoms with Crippen LogP contribution in [0.1, 0.15) is 12.8 Å². The molecule has 0 saturated heterocycles. The van der Waals surface area contributed by atoms with Crippen molar-refractivity contribution >= 4 is 45.4 Å². The number of pyridine rings is 1. The van der Waals surface area contributed by atoms with E-state index in [-0.39, 0.29) is 11.8 Å². The van der Waals surface area contributed by atoms with Gasteiger partial charge in [0.05, 0.1) is 17.6 Å². The Balaban J connectivity index is 1.50. The monoisotopic (exact) mass is 436 g/mol. The van der Waals surface area contributed by atoms with E-state index in [1.165, 1.54) is 10.5 Å². The van der Waals surface area contributed by atoms with E-state index in [1.807, 2.05) is 24.3 Å². The molecule has 0 radical (unpaired) electrons. The lowest BCUT2D eigenvalue weighted by atomic mass is 10.0. The van der Waals surface area contributed by atoms with Crippen molar-refractivity contribution in [3.05, 3.63) is 55.0 Å². The molecule has 10 heteroatoms. The van der Waals surface area contributed by atoms with Crippen molar-refractivity contribution in [1.82, 2.24) is 19.7 Å². The number of aromatic nitrogens is 4. The SMILES string of the molecule is Cn1cc(N(c2ccc(-c3cc(NC(=O)C4CC4)nc4[nH]ccc34)cc2)S(=O)O)cn1. The zero-order valence-corrected chi connectivity index (χ0v) is 17.5. The fourth-order valence-corrected chi connectivity index (χ4v) is 4.11. The third kappa shape index (κ3) is 3.82. The Labute approximate surface area is 180 Å². The summed E-state index contributed by atoms with van der Waals surface area (Å²) in [7, 11) is 1.75.